The van der Waals surface area contributed by atoms with Gasteiger partial charge in [0.05, 0.1) is 5.56 Å². The minimum absolute atomic E-state index is 0.334. The Morgan fingerprint density at radius 2 is 0.962 bits per heavy atom. The van der Waals surface area contributed by atoms with Gasteiger partial charge in [0.15, 0.2) is 5.60 Å². The van der Waals surface area contributed by atoms with Crippen LogP contribution in [0.2, 0.25) is 0 Å². The summed E-state index contributed by atoms with van der Waals surface area (Å²) in [5, 5.41) is 10.5. The molecule has 0 amide bonds. The summed E-state index contributed by atoms with van der Waals surface area (Å²) in [6, 6.07) is 5.62. The highest BCUT2D eigenvalue weighted by Gasteiger charge is 2.71. The highest BCUT2D eigenvalue weighted by atomic mass is 19.4. The molecule has 0 fully saturated rings. The minimum atomic E-state index is -6.14. The largest absolute Gasteiger partial charge is 0.457 e. The Balaban J connectivity index is 2.71. The highest BCUT2D eigenvalue weighted by molar-refractivity contribution is 5.42. The Hall–Kier alpha value is -2.16. The lowest BCUT2D eigenvalue weighted by Crippen LogP contribution is -2.55. The molecule has 1 nitrogen and oxygen atoms in total. The molecule has 0 spiro atoms. The first kappa shape index (κ1) is 20.2. The molecule has 0 radical (unpaired) electrons. The average molecular weight is 384 g/mol. The number of hydrogen-bond donors (Lipinski definition) is 1. The summed E-state index contributed by atoms with van der Waals surface area (Å²) >= 11 is 0. The third kappa shape index (κ3) is 3.27. The van der Waals surface area contributed by atoms with Crippen LogP contribution in [0, 0.1) is 6.92 Å². The van der Waals surface area contributed by atoms with Gasteiger partial charge in [-0.15, -0.1) is 0 Å². The molecule has 0 saturated carbocycles. The van der Waals surface area contributed by atoms with E-state index in [1.165, 1.54) is 12.1 Å². The summed E-state index contributed by atoms with van der Waals surface area (Å²) < 4.78 is 105. The zero-order valence-corrected chi connectivity index (χ0v) is 13.1. The Bertz CT molecular complexity index is 759. The molecule has 0 aliphatic rings. The van der Waals surface area contributed by atoms with Crippen LogP contribution in [0.4, 0.5) is 35.1 Å². The lowest BCUT2D eigenvalue weighted by atomic mass is 9.80. The molecule has 2 aromatic rings. The maximum absolute atomic E-state index is 14.2. The number of hydrogen-bond acceptors (Lipinski definition) is 1. The molecule has 1 unspecified atom stereocenters. The maximum Gasteiger partial charge on any atom is 0.457 e. The predicted molar refractivity (Wildman–Crippen MR) is 76.6 cm³/mol. The lowest BCUT2D eigenvalue weighted by Gasteiger charge is -2.37. The van der Waals surface area contributed by atoms with E-state index in [2.05, 4.69) is 0 Å². The first-order valence-electron chi connectivity index (χ1n) is 7.13. The second-order valence-corrected chi connectivity index (χ2v) is 5.72. The van der Waals surface area contributed by atoms with Crippen LogP contribution in [-0.4, -0.2) is 17.2 Å². The van der Waals surface area contributed by atoms with Crippen LogP contribution < -0.4 is 0 Å². The number of benzene rings is 2. The van der Waals surface area contributed by atoms with E-state index in [9.17, 15) is 40.2 Å². The molecule has 0 aromatic heterocycles. The van der Waals surface area contributed by atoms with Crippen LogP contribution in [0.1, 0.15) is 22.3 Å². The van der Waals surface area contributed by atoms with E-state index in [1.807, 2.05) is 0 Å². The summed E-state index contributed by atoms with van der Waals surface area (Å²) in [5.41, 5.74) is -6.44. The van der Waals surface area contributed by atoms with Gasteiger partial charge in [-0.1, -0.05) is 42.0 Å². The van der Waals surface area contributed by atoms with Crippen LogP contribution in [-0.2, 0) is 11.8 Å². The fraction of sp³-hybridized carbons (Fsp3) is 0.294. The van der Waals surface area contributed by atoms with Crippen molar-refractivity contribution in [1.82, 2.24) is 0 Å². The van der Waals surface area contributed by atoms with Gasteiger partial charge in [-0.05, 0) is 30.2 Å². The molecule has 142 valence electrons. The van der Waals surface area contributed by atoms with Crippen LogP contribution in [0.3, 0.4) is 0 Å². The molecule has 0 bridgehead atoms. The predicted octanol–water partition coefficient (Wildman–Crippen LogP) is 5.45. The van der Waals surface area contributed by atoms with Crippen molar-refractivity contribution in [3.05, 3.63) is 70.8 Å². The summed E-state index contributed by atoms with van der Waals surface area (Å²) in [6.45, 7) is 1.54. The molecular weight excluding hydrogens is 372 g/mol. The van der Waals surface area contributed by atoms with Gasteiger partial charge in [0.2, 0.25) is 0 Å². The molecule has 9 heteroatoms. The lowest BCUT2D eigenvalue weighted by molar-refractivity contribution is -0.336. The zero-order chi connectivity index (χ0) is 20.0. The highest BCUT2D eigenvalue weighted by Crippen LogP contribution is 2.52. The van der Waals surface area contributed by atoms with Gasteiger partial charge in [0.25, 0.3) is 0 Å². The average Bonchev–Trinajstić information content (AvgIpc) is 2.53. The molecule has 1 atom stereocenters. The molecule has 1 N–H and O–H groups in total. The van der Waals surface area contributed by atoms with Gasteiger partial charge >= 0.3 is 18.3 Å². The molecule has 0 aliphatic heterocycles. The Kier molecular flexibility index (Phi) is 4.82. The van der Waals surface area contributed by atoms with E-state index >= 15 is 0 Å². The van der Waals surface area contributed by atoms with Gasteiger partial charge in [-0.25, -0.2) is 0 Å². The van der Waals surface area contributed by atoms with Gasteiger partial charge in [-0.3, -0.25) is 0 Å². The molecule has 2 rings (SSSR count). The number of aliphatic hydroxyl groups is 1. The van der Waals surface area contributed by atoms with E-state index in [0.29, 0.717) is 29.8 Å². The van der Waals surface area contributed by atoms with Crippen LogP contribution in [0.15, 0.2) is 48.5 Å². The smallest absolute Gasteiger partial charge is 0.374 e. The van der Waals surface area contributed by atoms with Crippen LogP contribution in [0.5, 0.6) is 0 Å². The summed E-state index contributed by atoms with van der Waals surface area (Å²) in [5.74, 6) is -5.66. The normalized spacial score (nSPS) is 15.6. The Labute approximate surface area is 142 Å². The SMILES string of the molecule is Cc1ccc(C(O)(c2ccc(C(F)(F)F)cc2)C(F)(F)C(F)(F)F)cc1. The van der Waals surface area contributed by atoms with Gasteiger partial charge in [0.1, 0.15) is 0 Å². The Morgan fingerprint density at radius 3 is 1.31 bits per heavy atom. The van der Waals surface area contributed by atoms with Crippen molar-refractivity contribution in [3.8, 4) is 0 Å². The van der Waals surface area contributed by atoms with E-state index in [4.69, 9.17) is 0 Å². The molecule has 0 saturated heterocycles. The number of alkyl halides is 8. The fourth-order valence-electron chi connectivity index (χ4n) is 2.43. The summed E-state index contributed by atoms with van der Waals surface area (Å²) in [7, 11) is 0. The molecule has 0 heterocycles. The van der Waals surface area contributed by atoms with Gasteiger partial charge in [0, 0.05) is 0 Å². The van der Waals surface area contributed by atoms with Gasteiger partial charge < -0.3 is 5.11 Å². The first-order chi connectivity index (χ1) is 11.7. The van der Waals surface area contributed by atoms with Crippen molar-refractivity contribution in [3.63, 3.8) is 0 Å². The van der Waals surface area contributed by atoms with Crippen molar-refractivity contribution in [2.45, 2.75) is 30.8 Å². The minimum Gasteiger partial charge on any atom is -0.374 e. The third-order valence-corrected chi connectivity index (χ3v) is 3.91. The van der Waals surface area contributed by atoms with Crippen molar-refractivity contribution in [2.75, 3.05) is 0 Å². The van der Waals surface area contributed by atoms with Crippen molar-refractivity contribution in [1.29, 1.82) is 0 Å². The van der Waals surface area contributed by atoms with E-state index in [0.717, 1.165) is 12.1 Å². The summed E-state index contributed by atoms with van der Waals surface area (Å²) in [4.78, 5) is 0. The second-order valence-electron chi connectivity index (χ2n) is 5.72. The first-order valence-corrected chi connectivity index (χ1v) is 7.13. The molecule has 2 aromatic carbocycles. The quantitative estimate of drug-likeness (QED) is 0.698. The summed E-state index contributed by atoms with van der Waals surface area (Å²) in [6.07, 6.45) is -11.0. The van der Waals surface area contributed by atoms with Crippen molar-refractivity contribution in [2.24, 2.45) is 0 Å². The number of aryl methyl sites for hydroxylation is 1. The van der Waals surface area contributed by atoms with Gasteiger partial charge in [-0.2, -0.15) is 35.1 Å². The number of halogens is 8. The van der Waals surface area contributed by atoms with Crippen molar-refractivity contribution < 1.29 is 40.2 Å². The van der Waals surface area contributed by atoms with E-state index in [-0.39, 0.29) is 0 Å². The van der Waals surface area contributed by atoms with E-state index < -0.39 is 40.6 Å². The molecular formula is C17H12F8O. The zero-order valence-electron chi connectivity index (χ0n) is 13.1. The topological polar surface area (TPSA) is 20.2 Å². The Morgan fingerprint density at radius 1 is 0.615 bits per heavy atom. The maximum atomic E-state index is 14.2. The fourth-order valence-corrected chi connectivity index (χ4v) is 2.43. The van der Waals surface area contributed by atoms with Crippen LogP contribution in [0.25, 0.3) is 0 Å². The number of rotatable bonds is 3. The van der Waals surface area contributed by atoms with E-state index in [1.54, 1.807) is 6.92 Å². The second kappa shape index (κ2) is 6.22. The monoisotopic (exact) mass is 384 g/mol. The molecule has 0 aliphatic carbocycles. The third-order valence-electron chi connectivity index (χ3n) is 3.91. The molecule has 26 heavy (non-hydrogen) atoms. The van der Waals surface area contributed by atoms with Crippen molar-refractivity contribution >= 4 is 0 Å². The standard InChI is InChI=1S/C17H12F8O/c1-10-2-4-11(5-3-10)14(26,16(21,22)17(23,24)25)12-6-8-13(9-7-12)15(18,19)20/h2-9,26H,1H3. The van der Waals surface area contributed by atoms with Crippen LogP contribution >= 0.6 is 0 Å².